The quantitative estimate of drug-likeness (QED) is 0.817. The summed E-state index contributed by atoms with van der Waals surface area (Å²) in [6.45, 7) is 0.817. The smallest absolute Gasteiger partial charge is 0.316 e. The Labute approximate surface area is 141 Å². The third-order valence-corrected chi connectivity index (χ3v) is 5.83. The molecule has 8 heteroatoms. The molecule has 24 heavy (non-hydrogen) atoms. The first-order valence-corrected chi connectivity index (χ1v) is 9.11. The molecule has 1 aromatic carbocycles. The second-order valence-electron chi connectivity index (χ2n) is 5.43. The molecule has 0 unspecified atom stereocenters. The van der Waals surface area contributed by atoms with Crippen molar-refractivity contribution in [2.75, 3.05) is 20.2 Å². The lowest BCUT2D eigenvalue weighted by Crippen LogP contribution is -2.41. The van der Waals surface area contributed by atoms with Crippen LogP contribution in [0, 0.1) is 0 Å². The van der Waals surface area contributed by atoms with Crippen molar-refractivity contribution in [3.8, 4) is 11.8 Å². The van der Waals surface area contributed by atoms with Gasteiger partial charge in [-0.3, -0.25) is 0 Å². The Morgan fingerprint density at radius 1 is 1.08 bits per heavy atom. The molecule has 1 aromatic heterocycles. The molecular weight excluding hydrogens is 330 g/mol. The Morgan fingerprint density at radius 3 is 2.29 bits per heavy atom. The van der Waals surface area contributed by atoms with Crippen LogP contribution in [0.15, 0.2) is 47.6 Å². The Kier molecular flexibility index (Phi) is 4.96. The summed E-state index contributed by atoms with van der Waals surface area (Å²) in [5.41, 5.74) is 0. The van der Waals surface area contributed by atoms with E-state index in [1.807, 2.05) is 0 Å². The van der Waals surface area contributed by atoms with Crippen molar-refractivity contribution in [1.29, 1.82) is 0 Å². The summed E-state index contributed by atoms with van der Waals surface area (Å²) in [6.07, 6.45) is 4.37. The highest BCUT2D eigenvalue weighted by atomic mass is 32.2. The lowest BCUT2D eigenvalue weighted by Gasteiger charge is -2.30. The largest absolute Gasteiger partial charge is 0.497 e. The van der Waals surface area contributed by atoms with Crippen molar-refractivity contribution in [3.05, 3.63) is 42.7 Å². The van der Waals surface area contributed by atoms with E-state index in [0.717, 1.165) is 0 Å². The SMILES string of the molecule is COc1ccc(S(=O)(=O)N2CCC(Oc3ncccn3)CC2)cc1. The molecule has 2 heterocycles. The van der Waals surface area contributed by atoms with Gasteiger partial charge in [0, 0.05) is 25.5 Å². The number of hydrogen-bond acceptors (Lipinski definition) is 6. The topological polar surface area (TPSA) is 81.6 Å². The summed E-state index contributed by atoms with van der Waals surface area (Å²) in [6, 6.07) is 8.47. The van der Waals surface area contributed by atoms with Crippen molar-refractivity contribution in [2.24, 2.45) is 0 Å². The van der Waals surface area contributed by atoms with Crippen molar-refractivity contribution in [3.63, 3.8) is 0 Å². The molecule has 1 aliphatic heterocycles. The molecule has 128 valence electrons. The fraction of sp³-hybridized carbons (Fsp3) is 0.375. The monoisotopic (exact) mass is 349 g/mol. The second kappa shape index (κ2) is 7.14. The molecule has 0 aliphatic carbocycles. The van der Waals surface area contributed by atoms with Crippen LogP contribution in [0.25, 0.3) is 0 Å². The Hall–Kier alpha value is -2.19. The number of ether oxygens (including phenoxy) is 2. The van der Waals surface area contributed by atoms with E-state index in [2.05, 4.69) is 9.97 Å². The van der Waals surface area contributed by atoms with Crippen LogP contribution in [0.3, 0.4) is 0 Å². The third-order valence-electron chi connectivity index (χ3n) is 3.91. The summed E-state index contributed by atoms with van der Waals surface area (Å²) in [5, 5.41) is 0. The van der Waals surface area contributed by atoms with Gasteiger partial charge in [0.25, 0.3) is 0 Å². The van der Waals surface area contributed by atoms with Gasteiger partial charge in [0.15, 0.2) is 0 Å². The predicted octanol–water partition coefficient (Wildman–Crippen LogP) is 1.72. The Balaban J connectivity index is 1.62. The van der Waals surface area contributed by atoms with Crippen LogP contribution in [0.4, 0.5) is 0 Å². The van der Waals surface area contributed by atoms with Crippen molar-refractivity contribution < 1.29 is 17.9 Å². The standard InChI is InChI=1S/C16H19N3O4S/c1-22-13-3-5-15(6-4-13)24(20,21)19-11-7-14(8-12-19)23-16-17-9-2-10-18-16/h2-6,9-10,14H,7-8,11-12H2,1H3. The van der Waals surface area contributed by atoms with Gasteiger partial charge in [0.05, 0.1) is 12.0 Å². The molecule has 1 fully saturated rings. The van der Waals surface area contributed by atoms with Crippen LogP contribution in [0.2, 0.25) is 0 Å². The van der Waals surface area contributed by atoms with Gasteiger partial charge in [-0.15, -0.1) is 0 Å². The maximum absolute atomic E-state index is 12.7. The van der Waals surface area contributed by atoms with E-state index in [0.29, 0.717) is 37.7 Å². The summed E-state index contributed by atoms with van der Waals surface area (Å²) in [7, 11) is -1.95. The van der Waals surface area contributed by atoms with Crippen LogP contribution in [0.1, 0.15) is 12.8 Å². The molecule has 0 bridgehead atoms. The molecule has 0 atom stereocenters. The zero-order valence-corrected chi connectivity index (χ0v) is 14.1. The van der Waals surface area contributed by atoms with E-state index in [-0.39, 0.29) is 11.0 Å². The minimum atomic E-state index is -3.49. The summed E-state index contributed by atoms with van der Waals surface area (Å²) >= 11 is 0. The highest BCUT2D eigenvalue weighted by Crippen LogP contribution is 2.24. The lowest BCUT2D eigenvalue weighted by atomic mass is 10.1. The minimum Gasteiger partial charge on any atom is -0.497 e. The fourth-order valence-electron chi connectivity index (χ4n) is 2.58. The van der Waals surface area contributed by atoms with Gasteiger partial charge in [-0.2, -0.15) is 4.31 Å². The van der Waals surface area contributed by atoms with E-state index in [1.165, 1.54) is 4.31 Å². The molecule has 0 N–H and O–H groups in total. The molecule has 0 saturated carbocycles. The van der Waals surface area contributed by atoms with E-state index in [9.17, 15) is 8.42 Å². The average Bonchev–Trinajstić information content (AvgIpc) is 2.63. The van der Waals surface area contributed by atoms with E-state index in [4.69, 9.17) is 9.47 Å². The van der Waals surface area contributed by atoms with E-state index in [1.54, 1.807) is 49.8 Å². The molecule has 1 aliphatic rings. The third kappa shape index (κ3) is 3.65. The number of methoxy groups -OCH3 is 1. The first-order chi connectivity index (χ1) is 11.6. The number of sulfonamides is 1. The molecule has 0 amide bonds. The van der Waals surface area contributed by atoms with Crippen LogP contribution < -0.4 is 9.47 Å². The van der Waals surface area contributed by atoms with Gasteiger partial charge in [-0.1, -0.05) is 0 Å². The Morgan fingerprint density at radius 2 is 1.71 bits per heavy atom. The maximum Gasteiger partial charge on any atom is 0.316 e. The van der Waals surface area contributed by atoms with Crippen molar-refractivity contribution >= 4 is 10.0 Å². The number of rotatable bonds is 5. The first kappa shape index (κ1) is 16.7. The number of aromatic nitrogens is 2. The lowest BCUT2D eigenvalue weighted by molar-refractivity contribution is 0.124. The normalized spacial score (nSPS) is 16.7. The van der Waals surface area contributed by atoms with E-state index < -0.39 is 10.0 Å². The summed E-state index contributed by atoms with van der Waals surface area (Å²) in [5.74, 6) is 0.629. The van der Waals surface area contributed by atoms with Gasteiger partial charge in [-0.25, -0.2) is 18.4 Å². The van der Waals surface area contributed by atoms with Gasteiger partial charge in [-0.05, 0) is 43.2 Å². The second-order valence-corrected chi connectivity index (χ2v) is 7.37. The molecule has 0 radical (unpaired) electrons. The summed E-state index contributed by atoms with van der Waals surface area (Å²) in [4.78, 5) is 8.33. The highest BCUT2D eigenvalue weighted by molar-refractivity contribution is 7.89. The van der Waals surface area contributed by atoms with Crippen LogP contribution in [0.5, 0.6) is 11.8 Å². The van der Waals surface area contributed by atoms with Gasteiger partial charge >= 0.3 is 6.01 Å². The van der Waals surface area contributed by atoms with Crippen LogP contribution in [-0.4, -0.2) is 49.0 Å². The minimum absolute atomic E-state index is 0.0743. The maximum atomic E-state index is 12.7. The molecule has 1 saturated heterocycles. The van der Waals surface area contributed by atoms with Crippen molar-refractivity contribution in [2.45, 2.75) is 23.8 Å². The molecule has 2 aromatic rings. The van der Waals surface area contributed by atoms with E-state index >= 15 is 0 Å². The Bertz CT molecular complexity index is 758. The average molecular weight is 349 g/mol. The van der Waals surface area contributed by atoms with Gasteiger partial charge < -0.3 is 9.47 Å². The molecule has 3 rings (SSSR count). The molecule has 7 nitrogen and oxygen atoms in total. The van der Waals surface area contributed by atoms with Gasteiger partial charge in [0.1, 0.15) is 11.9 Å². The zero-order chi connectivity index (χ0) is 17.0. The summed E-state index contributed by atoms with van der Waals surface area (Å²) < 4.78 is 37.6. The van der Waals surface area contributed by atoms with Crippen molar-refractivity contribution in [1.82, 2.24) is 14.3 Å². The van der Waals surface area contributed by atoms with Crippen LogP contribution in [-0.2, 0) is 10.0 Å². The first-order valence-electron chi connectivity index (χ1n) is 7.67. The fourth-order valence-corrected chi connectivity index (χ4v) is 4.05. The predicted molar refractivity (Wildman–Crippen MR) is 87.4 cm³/mol. The zero-order valence-electron chi connectivity index (χ0n) is 13.3. The van der Waals surface area contributed by atoms with Gasteiger partial charge in [0.2, 0.25) is 10.0 Å². The number of nitrogens with zero attached hydrogens (tertiary/aromatic N) is 3. The highest BCUT2D eigenvalue weighted by Gasteiger charge is 2.30. The molecule has 0 spiro atoms. The van der Waals surface area contributed by atoms with Crippen LogP contribution >= 0.6 is 0 Å². The number of benzene rings is 1. The number of piperidine rings is 1. The number of hydrogen-bond donors (Lipinski definition) is 0. The molecular formula is C16H19N3O4S.